The molecule has 25 heavy (non-hydrogen) atoms. The lowest BCUT2D eigenvalue weighted by atomic mass is 9.92. The number of carboxylic acids is 1. The molecule has 1 N–H and O–H groups in total. The van der Waals surface area contributed by atoms with E-state index in [4.69, 9.17) is 9.84 Å². The van der Waals surface area contributed by atoms with Crippen LogP contribution in [0.1, 0.15) is 25.7 Å². The summed E-state index contributed by atoms with van der Waals surface area (Å²) >= 11 is 0. The number of benzene rings is 1. The monoisotopic (exact) mass is 381 g/mol. The van der Waals surface area contributed by atoms with E-state index < -0.39 is 53.2 Å². The second-order valence-corrected chi connectivity index (χ2v) is 7.88. The minimum atomic E-state index is -4.07. The van der Waals surface area contributed by atoms with E-state index in [9.17, 15) is 26.4 Å². The van der Waals surface area contributed by atoms with E-state index >= 15 is 0 Å². The number of nitrogens with zero attached hydrogens (tertiary/aromatic N) is 1. The van der Waals surface area contributed by atoms with Crippen molar-refractivity contribution in [1.29, 1.82) is 0 Å². The number of carbonyl (C=O) groups is 1. The molecule has 0 heterocycles. The van der Waals surface area contributed by atoms with Crippen LogP contribution in [-0.4, -0.2) is 49.4 Å². The van der Waals surface area contributed by atoms with Crippen LogP contribution in [0.4, 0.5) is 13.2 Å². The summed E-state index contributed by atoms with van der Waals surface area (Å²) in [6.07, 6.45) is -0.752. The molecule has 0 aromatic heterocycles. The molecule has 0 spiro atoms. The third kappa shape index (κ3) is 4.63. The Bertz CT molecular complexity index is 744. The second-order valence-electron chi connectivity index (χ2n) is 5.88. The van der Waals surface area contributed by atoms with Crippen LogP contribution < -0.4 is 4.74 Å². The summed E-state index contributed by atoms with van der Waals surface area (Å²) in [5.41, 5.74) is 0. The first kappa shape index (κ1) is 19.5. The van der Waals surface area contributed by atoms with Gasteiger partial charge in [-0.1, -0.05) is 0 Å². The number of hydrogen-bond acceptors (Lipinski definition) is 4. The maximum absolute atomic E-state index is 13.9. The largest absolute Gasteiger partial charge is 0.479 e. The van der Waals surface area contributed by atoms with Crippen molar-refractivity contribution in [3.05, 3.63) is 24.0 Å². The van der Waals surface area contributed by atoms with Gasteiger partial charge < -0.3 is 9.84 Å². The predicted octanol–water partition coefficient (Wildman–Crippen LogP) is 2.49. The van der Waals surface area contributed by atoms with Crippen molar-refractivity contribution in [2.24, 2.45) is 0 Å². The van der Waals surface area contributed by atoms with Crippen LogP contribution >= 0.6 is 0 Å². The first-order valence-electron chi connectivity index (χ1n) is 7.53. The molecule has 0 aliphatic heterocycles. The van der Waals surface area contributed by atoms with Gasteiger partial charge in [0.05, 0.1) is 4.90 Å². The molecule has 1 aliphatic rings. The van der Waals surface area contributed by atoms with Crippen LogP contribution in [0.25, 0.3) is 0 Å². The molecule has 0 unspecified atom stereocenters. The zero-order valence-corrected chi connectivity index (χ0v) is 14.2. The molecule has 2 rings (SSSR count). The molecule has 1 aromatic rings. The van der Waals surface area contributed by atoms with Crippen molar-refractivity contribution >= 4 is 16.0 Å². The van der Waals surface area contributed by atoms with Gasteiger partial charge in [-0.05, 0) is 31.0 Å². The fourth-order valence-electron chi connectivity index (χ4n) is 2.65. The van der Waals surface area contributed by atoms with E-state index in [1.165, 1.54) is 7.05 Å². The quantitative estimate of drug-likeness (QED) is 0.819. The summed E-state index contributed by atoms with van der Waals surface area (Å²) in [6.45, 7) is -0.765. The lowest BCUT2D eigenvalue weighted by Gasteiger charge is -2.33. The van der Waals surface area contributed by atoms with Gasteiger partial charge in [0.25, 0.3) is 0 Å². The second kappa shape index (κ2) is 7.20. The Morgan fingerprint density at radius 3 is 2.48 bits per heavy atom. The molecule has 0 bridgehead atoms. The molecule has 1 aliphatic carbocycles. The van der Waals surface area contributed by atoms with E-state index in [2.05, 4.69) is 0 Å². The average molecular weight is 381 g/mol. The lowest BCUT2D eigenvalue weighted by molar-refractivity contribution is -0.139. The number of hydrogen-bond donors (Lipinski definition) is 1. The highest BCUT2D eigenvalue weighted by Crippen LogP contribution is 2.36. The summed E-state index contributed by atoms with van der Waals surface area (Å²) in [5.74, 6) is -5.49. The Kier molecular flexibility index (Phi) is 5.62. The highest BCUT2D eigenvalue weighted by atomic mass is 32.2. The number of ether oxygens (including phenoxy) is 1. The molecular weight excluding hydrogens is 363 g/mol. The number of sulfonamides is 1. The van der Waals surface area contributed by atoms with E-state index in [-0.39, 0.29) is 23.5 Å². The summed E-state index contributed by atoms with van der Waals surface area (Å²) in [7, 11) is -2.80. The van der Waals surface area contributed by atoms with Crippen LogP contribution in [0.3, 0.4) is 0 Å². The number of carboxylic acid groups (broad SMARTS) is 1. The number of rotatable bonds is 6. The molecular formula is C15H18F3NO5S. The van der Waals surface area contributed by atoms with Gasteiger partial charge in [0.2, 0.25) is 15.9 Å². The van der Waals surface area contributed by atoms with E-state index in [0.29, 0.717) is 0 Å². The van der Waals surface area contributed by atoms with Gasteiger partial charge in [0.15, 0.2) is 18.2 Å². The smallest absolute Gasteiger partial charge is 0.341 e. The first-order chi connectivity index (χ1) is 11.5. The average Bonchev–Trinajstić information content (AvgIpc) is 2.52. The molecule has 0 atom stereocenters. The van der Waals surface area contributed by atoms with Crippen LogP contribution in [0.2, 0.25) is 0 Å². The molecule has 1 aromatic carbocycles. The van der Waals surface area contributed by atoms with Crippen LogP contribution in [0.5, 0.6) is 5.75 Å². The topological polar surface area (TPSA) is 83.9 Å². The van der Waals surface area contributed by atoms with Gasteiger partial charge in [-0.25, -0.2) is 26.4 Å². The molecule has 10 heteroatoms. The van der Waals surface area contributed by atoms with Gasteiger partial charge in [0.1, 0.15) is 0 Å². The summed E-state index contributed by atoms with van der Waals surface area (Å²) in [4.78, 5) is 10.1. The molecule has 140 valence electrons. The zero-order valence-electron chi connectivity index (χ0n) is 13.4. The van der Waals surface area contributed by atoms with Gasteiger partial charge >= 0.3 is 5.97 Å². The molecule has 1 fully saturated rings. The van der Waals surface area contributed by atoms with Gasteiger partial charge in [-0.15, -0.1) is 0 Å². The van der Waals surface area contributed by atoms with Gasteiger partial charge in [-0.2, -0.15) is 4.31 Å². The minimum Gasteiger partial charge on any atom is -0.479 e. The van der Waals surface area contributed by atoms with Crippen molar-refractivity contribution in [2.45, 2.75) is 42.5 Å². The van der Waals surface area contributed by atoms with Gasteiger partial charge in [-0.3, -0.25) is 0 Å². The maximum atomic E-state index is 13.9. The Morgan fingerprint density at radius 1 is 1.36 bits per heavy atom. The standard InChI is InChI=1S/C15H18F3NO5S/c1-19(10-4-6-15(17,18)7-5-10)25(22,23)11-2-3-13(12(16)8-11)24-9-14(20)21/h2-3,8,10H,4-7,9H2,1H3,(H,20,21). The zero-order chi connectivity index (χ0) is 18.8. The van der Waals surface area contributed by atoms with E-state index in [0.717, 1.165) is 22.5 Å². The van der Waals surface area contributed by atoms with E-state index in [1.807, 2.05) is 0 Å². The van der Waals surface area contributed by atoms with Crippen molar-refractivity contribution in [1.82, 2.24) is 4.31 Å². The molecule has 0 radical (unpaired) electrons. The molecule has 6 nitrogen and oxygen atoms in total. The number of halogens is 3. The Balaban J connectivity index is 2.16. The van der Waals surface area contributed by atoms with Crippen LogP contribution in [0.15, 0.2) is 23.1 Å². The van der Waals surface area contributed by atoms with E-state index in [1.54, 1.807) is 0 Å². The van der Waals surface area contributed by atoms with Crippen LogP contribution in [0, 0.1) is 5.82 Å². The highest BCUT2D eigenvalue weighted by Gasteiger charge is 2.39. The third-order valence-corrected chi connectivity index (χ3v) is 6.04. The fourth-order valence-corrected chi connectivity index (χ4v) is 4.08. The predicted molar refractivity (Wildman–Crippen MR) is 81.7 cm³/mol. The van der Waals surface area contributed by atoms with Gasteiger partial charge in [0, 0.05) is 25.9 Å². The summed E-state index contributed by atoms with van der Waals surface area (Å²) in [6, 6.07) is 2.24. The summed E-state index contributed by atoms with van der Waals surface area (Å²) in [5, 5.41) is 8.50. The Morgan fingerprint density at radius 2 is 1.96 bits per heavy atom. The Hall–Kier alpha value is -1.81. The summed E-state index contributed by atoms with van der Waals surface area (Å²) < 4.78 is 71.2. The van der Waals surface area contributed by atoms with Crippen molar-refractivity contribution < 1.29 is 36.2 Å². The third-order valence-electron chi connectivity index (χ3n) is 4.13. The highest BCUT2D eigenvalue weighted by molar-refractivity contribution is 7.89. The Labute approximate surface area is 143 Å². The van der Waals surface area contributed by atoms with Crippen molar-refractivity contribution in [3.8, 4) is 5.75 Å². The molecule has 1 saturated carbocycles. The SMILES string of the molecule is CN(C1CCC(F)(F)CC1)S(=O)(=O)c1ccc(OCC(=O)O)c(F)c1. The molecule has 0 saturated heterocycles. The minimum absolute atomic E-state index is 0.0189. The molecule has 0 amide bonds. The number of aliphatic carboxylic acids is 1. The van der Waals surface area contributed by atoms with Crippen LogP contribution in [-0.2, 0) is 14.8 Å². The first-order valence-corrected chi connectivity index (χ1v) is 8.97. The van der Waals surface area contributed by atoms with Crippen molar-refractivity contribution in [2.75, 3.05) is 13.7 Å². The normalized spacial score (nSPS) is 18.3. The number of alkyl halides is 2. The van der Waals surface area contributed by atoms with Crippen molar-refractivity contribution in [3.63, 3.8) is 0 Å². The maximum Gasteiger partial charge on any atom is 0.341 e. The fraction of sp³-hybridized carbons (Fsp3) is 0.533. The lowest BCUT2D eigenvalue weighted by Crippen LogP contribution is -2.41.